The number of carbonyl (C=O) groups excluding carboxylic acids is 1. The standard InChI is InChI=1S/C8H15NO/c1-7-3-4-9(6-10)5-8(7)2/h6-8H,3-5H2,1-2H3/t7?,8-/m0/s1. The van der Waals surface area contributed by atoms with Crippen molar-refractivity contribution < 1.29 is 4.79 Å². The maximum absolute atomic E-state index is 10.3. The van der Waals surface area contributed by atoms with Gasteiger partial charge in [-0.15, -0.1) is 0 Å². The van der Waals surface area contributed by atoms with Crippen molar-refractivity contribution in [2.24, 2.45) is 11.8 Å². The molecular weight excluding hydrogens is 126 g/mol. The van der Waals surface area contributed by atoms with Crippen LogP contribution in [0.3, 0.4) is 0 Å². The molecule has 1 unspecified atom stereocenters. The van der Waals surface area contributed by atoms with Gasteiger partial charge in [0.1, 0.15) is 0 Å². The zero-order valence-corrected chi connectivity index (χ0v) is 6.71. The first-order valence-electron chi connectivity index (χ1n) is 3.93. The Morgan fingerprint density at radius 2 is 2.10 bits per heavy atom. The molecule has 10 heavy (non-hydrogen) atoms. The van der Waals surface area contributed by atoms with E-state index in [1.54, 1.807) is 0 Å². The lowest BCUT2D eigenvalue weighted by atomic mass is 9.89. The van der Waals surface area contributed by atoms with E-state index in [1.807, 2.05) is 4.90 Å². The fourth-order valence-electron chi connectivity index (χ4n) is 1.39. The Labute approximate surface area is 62.2 Å². The first kappa shape index (κ1) is 7.58. The maximum Gasteiger partial charge on any atom is 0.209 e. The average molecular weight is 141 g/mol. The van der Waals surface area contributed by atoms with Crippen molar-refractivity contribution >= 4 is 6.41 Å². The summed E-state index contributed by atoms with van der Waals surface area (Å²) in [6.45, 7) is 6.37. The maximum atomic E-state index is 10.3. The molecule has 1 fully saturated rings. The highest BCUT2D eigenvalue weighted by Gasteiger charge is 2.20. The highest BCUT2D eigenvalue weighted by molar-refractivity contribution is 5.47. The molecule has 1 saturated heterocycles. The van der Waals surface area contributed by atoms with Gasteiger partial charge in [-0.25, -0.2) is 0 Å². The molecule has 1 aliphatic rings. The quantitative estimate of drug-likeness (QED) is 0.501. The van der Waals surface area contributed by atoms with E-state index >= 15 is 0 Å². The second-order valence-corrected chi connectivity index (χ2v) is 3.34. The van der Waals surface area contributed by atoms with E-state index in [0.717, 1.165) is 25.4 Å². The molecule has 1 heterocycles. The summed E-state index contributed by atoms with van der Waals surface area (Å²) >= 11 is 0. The van der Waals surface area contributed by atoms with Crippen LogP contribution in [0.5, 0.6) is 0 Å². The van der Waals surface area contributed by atoms with Gasteiger partial charge in [-0.1, -0.05) is 13.8 Å². The Morgan fingerprint density at radius 1 is 1.40 bits per heavy atom. The van der Waals surface area contributed by atoms with Gasteiger partial charge in [0.05, 0.1) is 0 Å². The lowest BCUT2D eigenvalue weighted by Gasteiger charge is -2.32. The smallest absolute Gasteiger partial charge is 0.209 e. The lowest BCUT2D eigenvalue weighted by molar-refractivity contribution is -0.120. The summed E-state index contributed by atoms with van der Waals surface area (Å²) in [5.74, 6) is 1.47. The van der Waals surface area contributed by atoms with Crippen LogP contribution in [0.1, 0.15) is 20.3 Å². The van der Waals surface area contributed by atoms with E-state index in [9.17, 15) is 4.79 Å². The predicted octanol–water partition coefficient (Wildman–Crippen LogP) is 1.12. The van der Waals surface area contributed by atoms with Gasteiger partial charge in [0, 0.05) is 13.1 Å². The number of hydrogen-bond donors (Lipinski definition) is 0. The monoisotopic (exact) mass is 141 g/mol. The van der Waals surface area contributed by atoms with E-state index in [0.29, 0.717) is 5.92 Å². The SMILES string of the molecule is CC1CCN(C=O)C[C@@H]1C. The number of piperidine rings is 1. The zero-order chi connectivity index (χ0) is 7.56. The summed E-state index contributed by atoms with van der Waals surface area (Å²) in [7, 11) is 0. The van der Waals surface area contributed by atoms with Gasteiger partial charge in [0.2, 0.25) is 6.41 Å². The Morgan fingerprint density at radius 3 is 2.60 bits per heavy atom. The highest BCUT2D eigenvalue weighted by Crippen LogP contribution is 2.20. The molecule has 58 valence electrons. The second-order valence-electron chi connectivity index (χ2n) is 3.34. The molecule has 1 amide bonds. The topological polar surface area (TPSA) is 20.3 Å². The molecule has 0 saturated carbocycles. The molecule has 2 nitrogen and oxygen atoms in total. The van der Waals surface area contributed by atoms with Crippen molar-refractivity contribution in [3.63, 3.8) is 0 Å². The van der Waals surface area contributed by atoms with E-state index in [-0.39, 0.29) is 0 Å². The molecular formula is C8H15NO. The molecule has 1 rings (SSSR count). The van der Waals surface area contributed by atoms with Crippen LogP contribution in [0, 0.1) is 11.8 Å². The summed E-state index contributed by atoms with van der Waals surface area (Å²) in [6.07, 6.45) is 2.13. The van der Waals surface area contributed by atoms with Gasteiger partial charge in [0.15, 0.2) is 0 Å². The minimum atomic E-state index is 0.680. The molecule has 0 aliphatic carbocycles. The van der Waals surface area contributed by atoms with Crippen LogP contribution < -0.4 is 0 Å². The van der Waals surface area contributed by atoms with Gasteiger partial charge in [-0.05, 0) is 18.3 Å². The summed E-state index contributed by atoms with van der Waals surface area (Å²) in [5.41, 5.74) is 0. The molecule has 0 aromatic carbocycles. The van der Waals surface area contributed by atoms with Gasteiger partial charge in [-0.3, -0.25) is 4.79 Å². The van der Waals surface area contributed by atoms with E-state index in [2.05, 4.69) is 13.8 Å². The van der Waals surface area contributed by atoms with E-state index < -0.39 is 0 Å². The Hall–Kier alpha value is -0.530. The highest BCUT2D eigenvalue weighted by atomic mass is 16.1. The third kappa shape index (κ3) is 1.49. The minimum Gasteiger partial charge on any atom is -0.345 e. The summed E-state index contributed by atoms with van der Waals surface area (Å²) in [6, 6.07) is 0. The van der Waals surface area contributed by atoms with Crippen molar-refractivity contribution in [2.45, 2.75) is 20.3 Å². The molecule has 2 atom stereocenters. The number of likely N-dealkylation sites (tertiary alicyclic amines) is 1. The Bertz CT molecular complexity index is 124. The van der Waals surface area contributed by atoms with Crippen LogP contribution in [0.4, 0.5) is 0 Å². The fraction of sp³-hybridized carbons (Fsp3) is 0.875. The van der Waals surface area contributed by atoms with Gasteiger partial charge in [-0.2, -0.15) is 0 Å². The average Bonchev–Trinajstić information content (AvgIpc) is 1.95. The Balaban J connectivity index is 2.40. The van der Waals surface area contributed by atoms with Crippen LogP contribution in [0.2, 0.25) is 0 Å². The minimum absolute atomic E-state index is 0.680. The second kappa shape index (κ2) is 3.04. The number of rotatable bonds is 1. The summed E-state index contributed by atoms with van der Waals surface area (Å²) in [5, 5.41) is 0. The Kier molecular flexibility index (Phi) is 2.30. The third-order valence-electron chi connectivity index (χ3n) is 2.51. The van der Waals surface area contributed by atoms with Crippen LogP contribution in [0.15, 0.2) is 0 Å². The number of amides is 1. The molecule has 2 heteroatoms. The van der Waals surface area contributed by atoms with Gasteiger partial charge < -0.3 is 4.90 Å². The van der Waals surface area contributed by atoms with Crippen molar-refractivity contribution in [3.8, 4) is 0 Å². The predicted molar refractivity (Wildman–Crippen MR) is 40.6 cm³/mol. The largest absolute Gasteiger partial charge is 0.345 e. The summed E-state index contributed by atoms with van der Waals surface area (Å²) in [4.78, 5) is 12.2. The fourth-order valence-corrected chi connectivity index (χ4v) is 1.39. The molecule has 1 aliphatic heterocycles. The molecule has 0 aromatic heterocycles. The van der Waals surface area contributed by atoms with Crippen LogP contribution in [-0.2, 0) is 4.79 Å². The van der Waals surface area contributed by atoms with Crippen molar-refractivity contribution in [3.05, 3.63) is 0 Å². The van der Waals surface area contributed by atoms with Crippen molar-refractivity contribution in [2.75, 3.05) is 13.1 Å². The van der Waals surface area contributed by atoms with E-state index in [1.165, 1.54) is 6.42 Å². The van der Waals surface area contributed by atoms with Gasteiger partial charge >= 0.3 is 0 Å². The molecule has 0 spiro atoms. The normalized spacial score (nSPS) is 34.0. The molecule has 0 aromatic rings. The van der Waals surface area contributed by atoms with Gasteiger partial charge in [0.25, 0.3) is 0 Å². The van der Waals surface area contributed by atoms with Crippen molar-refractivity contribution in [1.29, 1.82) is 0 Å². The third-order valence-corrected chi connectivity index (χ3v) is 2.51. The van der Waals surface area contributed by atoms with E-state index in [4.69, 9.17) is 0 Å². The molecule has 0 radical (unpaired) electrons. The lowest BCUT2D eigenvalue weighted by Crippen LogP contribution is -2.37. The zero-order valence-electron chi connectivity index (χ0n) is 6.71. The first-order valence-corrected chi connectivity index (χ1v) is 3.93. The molecule has 0 bridgehead atoms. The van der Waals surface area contributed by atoms with Crippen LogP contribution >= 0.6 is 0 Å². The first-order chi connectivity index (χ1) is 4.74. The van der Waals surface area contributed by atoms with Crippen LogP contribution in [-0.4, -0.2) is 24.4 Å². The van der Waals surface area contributed by atoms with Crippen molar-refractivity contribution in [1.82, 2.24) is 4.90 Å². The summed E-state index contributed by atoms with van der Waals surface area (Å²) < 4.78 is 0. The number of carbonyl (C=O) groups is 1. The number of hydrogen-bond acceptors (Lipinski definition) is 1. The van der Waals surface area contributed by atoms with Crippen LogP contribution in [0.25, 0.3) is 0 Å². The number of nitrogens with zero attached hydrogens (tertiary/aromatic N) is 1. The molecule has 0 N–H and O–H groups in total.